The zero-order valence-electron chi connectivity index (χ0n) is 18.6. The lowest BCUT2D eigenvalue weighted by atomic mass is 9.89. The minimum absolute atomic E-state index is 0.397. The monoisotopic (exact) mass is 392 g/mol. The molecule has 1 aliphatic carbocycles. The van der Waals surface area contributed by atoms with E-state index in [0.717, 1.165) is 28.7 Å². The number of rotatable bonds is 9. The lowest BCUT2D eigenvalue weighted by Crippen LogP contribution is -1.98. The summed E-state index contributed by atoms with van der Waals surface area (Å²) in [5, 5.41) is 8.63. The second-order valence-electron chi connectivity index (χ2n) is 7.34. The maximum Gasteiger partial charge on any atom is 0.129 e. The average Bonchev–Trinajstić information content (AvgIpc) is 2.71. The SMILES string of the molecule is C=C(/C=C\C(=C\C)N=NC1=C=C(/C(C)=C\C=C(/C)C(C)C)C(=C)C(CC)=C1)CF. The maximum atomic E-state index is 12.5. The van der Waals surface area contributed by atoms with Crippen LogP contribution in [0.1, 0.15) is 48.0 Å². The number of azo groups is 1. The van der Waals surface area contributed by atoms with E-state index in [2.05, 4.69) is 75.9 Å². The Morgan fingerprint density at radius 2 is 1.93 bits per heavy atom. The maximum absolute atomic E-state index is 12.5. The van der Waals surface area contributed by atoms with Gasteiger partial charge in [-0.3, -0.25) is 0 Å². The van der Waals surface area contributed by atoms with Gasteiger partial charge in [0.2, 0.25) is 0 Å². The van der Waals surface area contributed by atoms with Crippen molar-refractivity contribution in [2.45, 2.75) is 48.0 Å². The van der Waals surface area contributed by atoms with E-state index in [1.165, 1.54) is 5.57 Å². The average molecular weight is 393 g/mol. The van der Waals surface area contributed by atoms with Crippen LogP contribution in [0.15, 0.2) is 110 Å². The molecule has 1 rings (SSSR count). The Morgan fingerprint density at radius 1 is 1.24 bits per heavy atom. The summed E-state index contributed by atoms with van der Waals surface area (Å²) >= 11 is 0. The summed E-state index contributed by atoms with van der Waals surface area (Å²) in [5.74, 6) is 0.509. The molecule has 0 fully saturated rings. The van der Waals surface area contributed by atoms with E-state index in [4.69, 9.17) is 0 Å². The molecule has 0 saturated heterocycles. The minimum atomic E-state index is -0.580. The Labute approximate surface area is 175 Å². The molecule has 1 aliphatic rings. The first-order valence-electron chi connectivity index (χ1n) is 9.99. The highest BCUT2D eigenvalue weighted by Gasteiger charge is 2.14. The molecule has 0 atom stereocenters. The Bertz CT molecular complexity index is 893. The van der Waals surface area contributed by atoms with Crippen molar-refractivity contribution in [2.75, 3.05) is 6.67 Å². The van der Waals surface area contributed by atoms with Gasteiger partial charge in [0.1, 0.15) is 12.4 Å². The number of hydrogen-bond acceptors (Lipinski definition) is 2. The van der Waals surface area contributed by atoms with E-state index >= 15 is 0 Å². The Morgan fingerprint density at radius 3 is 2.48 bits per heavy atom. The van der Waals surface area contributed by atoms with Gasteiger partial charge in [0.15, 0.2) is 0 Å². The fraction of sp³-hybridized carbons (Fsp3) is 0.346. The van der Waals surface area contributed by atoms with Crippen LogP contribution in [0.3, 0.4) is 0 Å². The molecular formula is C26H33FN2. The van der Waals surface area contributed by atoms with Crippen molar-refractivity contribution in [3.63, 3.8) is 0 Å². The van der Waals surface area contributed by atoms with Crippen LogP contribution in [-0.4, -0.2) is 6.67 Å². The molecule has 0 aromatic heterocycles. The van der Waals surface area contributed by atoms with Gasteiger partial charge >= 0.3 is 0 Å². The molecule has 0 aromatic carbocycles. The lowest BCUT2D eigenvalue weighted by molar-refractivity contribution is 0.550. The molecule has 0 aliphatic heterocycles. The van der Waals surface area contributed by atoms with E-state index in [1.54, 1.807) is 12.2 Å². The van der Waals surface area contributed by atoms with Gasteiger partial charge in [-0.15, -0.1) is 5.11 Å². The molecule has 0 bridgehead atoms. The van der Waals surface area contributed by atoms with Crippen LogP contribution < -0.4 is 0 Å². The van der Waals surface area contributed by atoms with Gasteiger partial charge in [-0.05, 0) is 67.6 Å². The highest BCUT2D eigenvalue weighted by atomic mass is 19.1. The van der Waals surface area contributed by atoms with Crippen LogP contribution in [-0.2, 0) is 0 Å². The number of alkyl halides is 1. The van der Waals surface area contributed by atoms with Crippen LogP contribution in [0.2, 0.25) is 0 Å². The van der Waals surface area contributed by atoms with Gasteiger partial charge in [0.05, 0.1) is 5.70 Å². The van der Waals surface area contributed by atoms with Gasteiger partial charge in [-0.2, -0.15) is 5.11 Å². The van der Waals surface area contributed by atoms with E-state index in [1.807, 2.05) is 19.1 Å². The largest absolute Gasteiger partial charge is 0.246 e. The van der Waals surface area contributed by atoms with Gasteiger partial charge in [0.25, 0.3) is 0 Å². The molecule has 0 spiro atoms. The molecule has 0 heterocycles. The van der Waals surface area contributed by atoms with Crippen LogP contribution in [0.4, 0.5) is 4.39 Å². The summed E-state index contributed by atoms with van der Waals surface area (Å²) in [6.07, 6.45) is 12.2. The van der Waals surface area contributed by atoms with Crippen LogP contribution >= 0.6 is 0 Å². The third kappa shape index (κ3) is 7.63. The van der Waals surface area contributed by atoms with Crippen molar-refractivity contribution in [1.82, 2.24) is 0 Å². The number of allylic oxidation sites excluding steroid dienone is 11. The summed E-state index contributed by atoms with van der Waals surface area (Å²) in [6.45, 7) is 19.8. The first-order chi connectivity index (χ1) is 13.7. The fourth-order valence-corrected chi connectivity index (χ4v) is 2.44. The van der Waals surface area contributed by atoms with Crippen LogP contribution in [0.5, 0.6) is 0 Å². The molecule has 0 unspecified atom stereocenters. The second-order valence-corrected chi connectivity index (χ2v) is 7.34. The molecule has 3 heteroatoms. The predicted octanol–water partition coefficient (Wildman–Crippen LogP) is 8.29. The normalized spacial score (nSPS) is 16.6. The van der Waals surface area contributed by atoms with Crippen molar-refractivity contribution in [2.24, 2.45) is 16.1 Å². The second kappa shape index (κ2) is 11.9. The van der Waals surface area contributed by atoms with Gasteiger partial charge in [-0.25, -0.2) is 4.39 Å². The van der Waals surface area contributed by atoms with Gasteiger partial charge < -0.3 is 0 Å². The molecule has 0 N–H and O–H groups in total. The molecule has 0 amide bonds. The molecule has 0 saturated carbocycles. The lowest BCUT2D eigenvalue weighted by Gasteiger charge is -2.16. The van der Waals surface area contributed by atoms with E-state index < -0.39 is 6.67 Å². The van der Waals surface area contributed by atoms with E-state index in [-0.39, 0.29) is 0 Å². The highest BCUT2D eigenvalue weighted by molar-refractivity contribution is 5.59. The number of nitrogens with zero attached hydrogens (tertiary/aromatic N) is 2. The van der Waals surface area contributed by atoms with Crippen LogP contribution in [0.25, 0.3) is 0 Å². The van der Waals surface area contributed by atoms with Crippen molar-refractivity contribution < 1.29 is 4.39 Å². The van der Waals surface area contributed by atoms with Crippen molar-refractivity contribution in [3.8, 4) is 0 Å². The first kappa shape index (κ1) is 24.3. The number of halogens is 1. The Balaban J connectivity index is 3.31. The number of hydrogen-bond donors (Lipinski definition) is 0. The van der Waals surface area contributed by atoms with Gasteiger partial charge in [0, 0.05) is 5.57 Å². The summed E-state index contributed by atoms with van der Waals surface area (Å²) in [4.78, 5) is 0. The molecule has 2 nitrogen and oxygen atoms in total. The van der Waals surface area contributed by atoms with Crippen LogP contribution in [0, 0.1) is 5.92 Å². The molecule has 0 aromatic rings. The molecule has 154 valence electrons. The van der Waals surface area contributed by atoms with E-state index in [9.17, 15) is 4.39 Å². The quantitative estimate of drug-likeness (QED) is 0.214. The summed E-state index contributed by atoms with van der Waals surface area (Å²) in [5.41, 5.74) is 10.5. The molecular weight excluding hydrogens is 359 g/mol. The third-order valence-corrected chi connectivity index (χ3v) is 4.77. The van der Waals surface area contributed by atoms with Gasteiger partial charge in [-0.1, -0.05) is 69.5 Å². The summed E-state index contributed by atoms with van der Waals surface area (Å²) in [6, 6.07) is 0. The van der Waals surface area contributed by atoms with Crippen molar-refractivity contribution in [1.29, 1.82) is 0 Å². The zero-order chi connectivity index (χ0) is 22.0. The standard InChI is InChI=1S/C26H33FN2/c1-9-23-15-25(29-28-24(10-2)14-11-19(5)17-27)16-26(22(23)8)21(7)13-12-20(6)18(3)4/h10-15,18H,5,8-9,17H2,1-4,6-7H3/b14-11-,20-12+,21-13-,24-10-,29-28?. The zero-order valence-corrected chi connectivity index (χ0v) is 18.6. The Hall–Kier alpha value is -2.77. The minimum Gasteiger partial charge on any atom is -0.246 e. The van der Waals surface area contributed by atoms with Crippen molar-refractivity contribution >= 4 is 0 Å². The summed E-state index contributed by atoms with van der Waals surface area (Å²) in [7, 11) is 0. The predicted molar refractivity (Wildman–Crippen MR) is 123 cm³/mol. The highest BCUT2D eigenvalue weighted by Crippen LogP contribution is 2.31. The smallest absolute Gasteiger partial charge is 0.129 e. The first-order valence-corrected chi connectivity index (χ1v) is 9.99. The topological polar surface area (TPSA) is 24.7 Å². The van der Waals surface area contributed by atoms with Crippen molar-refractivity contribution in [3.05, 3.63) is 100 Å². The fourth-order valence-electron chi connectivity index (χ4n) is 2.44. The third-order valence-electron chi connectivity index (χ3n) is 4.77. The summed E-state index contributed by atoms with van der Waals surface area (Å²) < 4.78 is 12.5. The Kier molecular flexibility index (Phi) is 9.99. The molecule has 29 heavy (non-hydrogen) atoms. The van der Waals surface area contributed by atoms with E-state index in [0.29, 0.717) is 22.9 Å². The molecule has 0 radical (unpaired) electrons.